The highest BCUT2D eigenvalue weighted by Gasteiger charge is 2.47. The van der Waals surface area contributed by atoms with Gasteiger partial charge in [-0.3, -0.25) is 9.59 Å². The van der Waals surface area contributed by atoms with Gasteiger partial charge < -0.3 is 14.7 Å². The van der Waals surface area contributed by atoms with E-state index in [1.165, 1.54) is 11.3 Å². The third-order valence-corrected chi connectivity index (χ3v) is 7.59. The van der Waals surface area contributed by atoms with Crippen LogP contribution < -0.4 is 0 Å². The molecule has 0 saturated carbocycles. The van der Waals surface area contributed by atoms with Crippen LogP contribution in [0.2, 0.25) is 15.1 Å². The molecule has 6 nitrogen and oxygen atoms in total. The molecular formula is C20H17Cl3N2O4S. The second kappa shape index (κ2) is 7.71. The average Bonchev–Trinajstić information content (AvgIpc) is 3.05. The number of benzene rings is 1. The maximum Gasteiger partial charge on any atom is 0.307 e. The molecule has 2 unspecified atom stereocenters. The molecule has 1 aliphatic heterocycles. The van der Waals surface area contributed by atoms with Gasteiger partial charge >= 0.3 is 5.97 Å². The molecule has 158 valence electrons. The van der Waals surface area contributed by atoms with E-state index in [1.54, 1.807) is 17.0 Å². The summed E-state index contributed by atoms with van der Waals surface area (Å²) in [5.41, 5.74) is 0.185. The fourth-order valence-corrected chi connectivity index (χ4v) is 5.57. The van der Waals surface area contributed by atoms with Crippen LogP contribution in [0.15, 0.2) is 30.1 Å². The summed E-state index contributed by atoms with van der Waals surface area (Å²) in [7, 11) is 0. The number of allylic oxidation sites excluding steroid dienone is 2. The molecule has 2 atom stereocenters. The van der Waals surface area contributed by atoms with Crippen LogP contribution in [0.5, 0.6) is 0 Å². The largest absolute Gasteiger partial charge is 0.482 e. The zero-order valence-electron chi connectivity index (χ0n) is 16.0. The molecule has 1 amide bonds. The van der Waals surface area contributed by atoms with E-state index in [-0.39, 0.29) is 23.5 Å². The predicted octanol–water partition coefficient (Wildman–Crippen LogP) is 5.31. The molecular weight excluding hydrogens is 471 g/mol. The molecule has 1 aromatic heterocycles. The molecule has 2 aliphatic rings. The number of rotatable bonds is 4. The first-order chi connectivity index (χ1) is 14.1. The molecule has 0 radical (unpaired) electrons. The summed E-state index contributed by atoms with van der Waals surface area (Å²) in [6.07, 6.45) is 4.13. The molecule has 2 aromatic rings. The number of thiazole rings is 1. The number of nitrogens with zero attached hydrogens (tertiary/aromatic N) is 2. The van der Waals surface area contributed by atoms with Gasteiger partial charge in [0.25, 0.3) is 5.91 Å². The van der Waals surface area contributed by atoms with Gasteiger partial charge in [0.1, 0.15) is 10.8 Å². The normalized spacial score (nSPS) is 22.6. The Morgan fingerprint density at radius 1 is 1.33 bits per heavy atom. The summed E-state index contributed by atoms with van der Waals surface area (Å²) in [6.45, 7) is 4.18. The van der Waals surface area contributed by atoms with E-state index < -0.39 is 23.9 Å². The standard InChI is InChI=1S/C20H17Cl3N2O4S/c1-20(2)5-3-4-11-18(20)25(19(28)12(29-11)7-14(26)27)8-13-24-10-6-9(21)15(22)16(23)17(10)30-13/h3-6,12,18H,7-8H2,1-2H3,(H,26,27). The van der Waals surface area contributed by atoms with Crippen molar-refractivity contribution < 1.29 is 19.4 Å². The fraction of sp³-hybridized carbons (Fsp3) is 0.350. The van der Waals surface area contributed by atoms with Gasteiger partial charge in [-0.15, -0.1) is 11.3 Å². The highest BCUT2D eigenvalue weighted by Crippen LogP contribution is 2.43. The summed E-state index contributed by atoms with van der Waals surface area (Å²) in [4.78, 5) is 30.7. The third-order valence-electron chi connectivity index (χ3n) is 5.14. The first kappa shape index (κ1) is 21.4. The predicted molar refractivity (Wildman–Crippen MR) is 117 cm³/mol. The Bertz CT molecular complexity index is 1120. The van der Waals surface area contributed by atoms with Gasteiger partial charge in [-0.05, 0) is 12.1 Å². The van der Waals surface area contributed by atoms with E-state index in [1.807, 2.05) is 26.0 Å². The Labute approximate surface area is 191 Å². The Morgan fingerprint density at radius 3 is 2.77 bits per heavy atom. The lowest BCUT2D eigenvalue weighted by atomic mass is 9.78. The maximum atomic E-state index is 13.2. The highest BCUT2D eigenvalue weighted by molar-refractivity contribution is 7.19. The van der Waals surface area contributed by atoms with Crippen LogP contribution in [-0.2, 0) is 20.9 Å². The maximum absolute atomic E-state index is 13.2. The second-order valence-electron chi connectivity index (χ2n) is 7.76. The van der Waals surface area contributed by atoms with Crippen molar-refractivity contribution in [2.24, 2.45) is 5.41 Å². The molecule has 1 fully saturated rings. The molecule has 0 bridgehead atoms. The van der Waals surface area contributed by atoms with E-state index in [0.29, 0.717) is 31.0 Å². The zero-order chi connectivity index (χ0) is 21.8. The number of carbonyl (C=O) groups is 2. The monoisotopic (exact) mass is 486 g/mol. The van der Waals surface area contributed by atoms with E-state index in [0.717, 1.165) is 0 Å². The zero-order valence-corrected chi connectivity index (χ0v) is 19.1. The third kappa shape index (κ3) is 3.68. The van der Waals surface area contributed by atoms with Gasteiger partial charge in [0, 0.05) is 5.41 Å². The van der Waals surface area contributed by atoms with E-state index in [4.69, 9.17) is 39.5 Å². The number of aliphatic carboxylic acids is 1. The van der Waals surface area contributed by atoms with Crippen LogP contribution in [0.25, 0.3) is 10.2 Å². The Kier molecular flexibility index (Phi) is 5.51. The molecule has 0 spiro atoms. The fourth-order valence-electron chi connectivity index (χ4n) is 3.82. The van der Waals surface area contributed by atoms with Crippen molar-refractivity contribution in [3.8, 4) is 0 Å². The molecule has 2 heterocycles. The number of amides is 1. The summed E-state index contributed by atoms with van der Waals surface area (Å²) in [5.74, 6) is -0.920. The quantitative estimate of drug-likeness (QED) is 0.591. The number of fused-ring (bicyclic) bond motifs is 2. The van der Waals surface area contributed by atoms with Crippen LogP contribution in [0.1, 0.15) is 25.3 Å². The first-order valence-electron chi connectivity index (χ1n) is 9.09. The van der Waals surface area contributed by atoms with Crippen molar-refractivity contribution in [3.05, 3.63) is 50.1 Å². The summed E-state index contributed by atoms with van der Waals surface area (Å²) in [6, 6.07) is 1.26. The van der Waals surface area contributed by atoms with Crippen LogP contribution in [0, 0.1) is 5.41 Å². The van der Waals surface area contributed by atoms with E-state index >= 15 is 0 Å². The summed E-state index contributed by atoms with van der Waals surface area (Å²) < 4.78 is 6.47. The highest BCUT2D eigenvalue weighted by atomic mass is 35.5. The number of carbonyl (C=O) groups excluding carboxylic acids is 1. The van der Waals surface area contributed by atoms with Gasteiger partial charge in [0.2, 0.25) is 0 Å². The molecule has 1 saturated heterocycles. The number of hydrogen-bond donors (Lipinski definition) is 1. The second-order valence-corrected chi connectivity index (χ2v) is 10.0. The molecule has 1 aliphatic carbocycles. The minimum atomic E-state index is -1.10. The van der Waals surface area contributed by atoms with Gasteiger partial charge in [-0.1, -0.05) is 60.8 Å². The Balaban J connectivity index is 1.74. The molecule has 1 aromatic carbocycles. The van der Waals surface area contributed by atoms with Crippen molar-refractivity contribution in [2.75, 3.05) is 0 Å². The van der Waals surface area contributed by atoms with Crippen LogP contribution in [0.4, 0.5) is 0 Å². The SMILES string of the molecule is CC1(C)C=CC=C2OC(CC(=O)O)C(=O)N(Cc3nc4cc(Cl)c(Cl)c(Cl)c4s3)C21. The van der Waals surface area contributed by atoms with Crippen molar-refractivity contribution in [3.63, 3.8) is 0 Å². The van der Waals surface area contributed by atoms with E-state index in [2.05, 4.69) is 4.98 Å². The number of carboxylic acids is 1. The van der Waals surface area contributed by atoms with Crippen molar-refractivity contribution >= 4 is 68.2 Å². The summed E-state index contributed by atoms with van der Waals surface area (Å²) in [5, 5.41) is 10.7. The first-order valence-corrected chi connectivity index (χ1v) is 11.0. The van der Waals surface area contributed by atoms with Crippen LogP contribution in [0.3, 0.4) is 0 Å². The number of carboxylic acid groups (broad SMARTS) is 1. The lowest BCUT2D eigenvalue weighted by molar-refractivity contribution is -0.161. The smallest absolute Gasteiger partial charge is 0.307 e. The van der Waals surface area contributed by atoms with Gasteiger partial charge in [0.15, 0.2) is 6.10 Å². The number of morpholine rings is 1. The number of hydrogen-bond acceptors (Lipinski definition) is 5. The van der Waals surface area contributed by atoms with Crippen molar-refractivity contribution in [1.82, 2.24) is 9.88 Å². The Morgan fingerprint density at radius 2 is 2.07 bits per heavy atom. The lowest BCUT2D eigenvalue weighted by Crippen LogP contribution is -2.57. The van der Waals surface area contributed by atoms with Crippen LogP contribution >= 0.6 is 46.1 Å². The molecule has 10 heteroatoms. The van der Waals surface area contributed by atoms with Crippen LogP contribution in [-0.4, -0.2) is 39.0 Å². The number of halogens is 3. The minimum Gasteiger partial charge on any atom is -0.482 e. The Hall–Kier alpha value is -1.80. The lowest BCUT2D eigenvalue weighted by Gasteiger charge is -2.47. The number of ether oxygens (including phenoxy) is 1. The molecule has 1 N–H and O–H groups in total. The molecule has 30 heavy (non-hydrogen) atoms. The van der Waals surface area contributed by atoms with Gasteiger partial charge in [-0.25, -0.2) is 4.98 Å². The minimum absolute atomic E-state index is 0.183. The van der Waals surface area contributed by atoms with Crippen molar-refractivity contribution in [1.29, 1.82) is 0 Å². The topological polar surface area (TPSA) is 79.7 Å². The number of aromatic nitrogens is 1. The molecule has 4 rings (SSSR count). The van der Waals surface area contributed by atoms with Crippen molar-refractivity contribution in [2.45, 2.75) is 39.0 Å². The van der Waals surface area contributed by atoms with E-state index in [9.17, 15) is 14.7 Å². The summed E-state index contributed by atoms with van der Waals surface area (Å²) >= 11 is 19.9. The van der Waals surface area contributed by atoms with Gasteiger partial charge in [0.05, 0.1) is 44.3 Å². The van der Waals surface area contributed by atoms with Gasteiger partial charge in [-0.2, -0.15) is 0 Å². The average molecular weight is 488 g/mol.